The molecule has 120 valence electrons. The second-order valence-electron chi connectivity index (χ2n) is 4.46. The molecule has 1 rings (SSSR count). The minimum Gasteiger partial charge on any atom is -0.496 e. The second kappa shape index (κ2) is 8.74. The van der Waals surface area contributed by atoms with Gasteiger partial charge in [-0.25, -0.2) is 13.1 Å². The van der Waals surface area contributed by atoms with E-state index in [-0.39, 0.29) is 18.9 Å². The minimum absolute atomic E-state index is 0.149. The van der Waals surface area contributed by atoms with Crippen LogP contribution in [0.5, 0.6) is 17.2 Å². The van der Waals surface area contributed by atoms with Crippen LogP contribution in [0.25, 0.3) is 0 Å². The van der Waals surface area contributed by atoms with Gasteiger partial charge in [0, 0.05) is 24.7 Å². The van der Waals surface area contributed by atoms with Crippen molar-refractivity contribution < 1.29 is 22.6 Å². The lowest BCUT2D eigenvalue weighted by molar-refractivity contribution is 0.316. The van der Waals surface area contributed by atoms with Crippen LogP contribution in [0.2, 0.25) is 0 Å². The van der Waals surface area contributed by atoms with Gasteiger partial charge in [-0.2, -0.15) is 0 Å². The maximum atomic E-state index is 11.6. The van der Waals surface area contributed by atoms with Gasteiger partial charge in [0.05, 0.1) is 20.0 Å². The quantitative estimate of drug-likeness (QED) is 0.666. The molecule has 6 nitrogen and oxygen atoms in total. The van der Waals surface area contributed by atoms with Gasteiger partial charge in [0.15, 0.2) is 0 Å². The van der Waals surface area contributed by atoms with E-state index in [0.29, 0.717) is 23.7 Å². The van der Waals surface area contributed by atoms with E-state index >= 15 is 0 Å². The van der Waals surface area contributed by atoms with Crippen molar-refractivity contribution in [2.24, 2.45) is 0 Å². The Labute approximate surface area is 126 Å². The number of ether oxygens (including phenoxy) is 3. The van der Waals surface area contributed by atoms with Crippen LogP contribution in [-0.4, -0.2) is 41.5 Å². The molecule has 0 fully saturated rings. The Bertz CT molecular complexity index is 508. The van der Waals surface area contributed by atoms with E-state index in [1.807, 2.05) is 6.92 Å². The summed E-state index contributed by atoms with van der Waals surface area (Å²) in [6.07, 6.45) is 1.50. The molecule has 21 heavy (non-hydrogen) atoms. The zero-order valence-corrected chi connectivity index (χ0v) is 13.5. The molecule has 0 spiro atoms. The fraction of sp³-hybridized carbons (Fsp3) is 0.571. The highest BCUT2D eigenvalue weighted by Crippen LogP contribution is 2.27. The van der Waals surface area contributed by atoms with Gasteiger partial charge in [-0.3, -0.25) is 0 Å². The van der Waals surface area contributed by atoms with Crippen molar-refractivity contribution in [2.75, 3.05) is 33.1 Å². The van der Waals surface area contributed by atoms with Crippen LogP contribution in [0.15, 0.2) is 18.2 Å². The molecule has 0 aliphatic carbocycles. The standard InChI is InChI=1S/C14H23NO5S/c1-4-5-8-21(16,17)15-6-7-20-14-10-12(18-2)9-13(11-14)19-3/h9-11,15H,4-8H2,1-3H3. The van der Waals surface area contributed by atoms with Gasteiger partial charge >= 0.3 is 0 Å². The molecule has 0 aromatic heterocycles. The fourth-order valence-corrected chi connectivity index (χ4v) is 2.84. The molecular formula is C14H23NO5S. The van der Waals surface area contributed by atoms with Gasteiger partial charge in [-0.1, -0.05) is 13.3 Å². The van der Waals surface area contributed by atoms with Crippen LogP contribution in [0.1, 0.15) is 19.8 Å². The van der Waals surface area contributed by atoms with E-state index in [2.05, 4.69) is 4.72 Å². The number of rotatable bonds is 10. The zero-order valence-electron chi connectivity index (χ0n) is 12.7. The number of unbranched alkanes of at least 4 members (excludes halogenated alkanes) is 1. The number of methoxy groups -OCH3 is 2. The van der Waals surface area contributed by atoms with E-state index in [4.69, 9.17) is 14.2 Å². The summed E-state index contributed by atoms with van der Waals surface area (Å²) in [5.41, 5.74) is 0. The molecule has 7 heteroatoms. The second-order valence-corrected chi connectivity index (χ2v) is 6.39. The van der Waals surface area contributed by atoms with Crippen molar-refractivity contribution in [1.29, 1.82) is 0 Å². The topological polar surface area (TPSA) is 73.9 Å². The lowest BCUT2D eigenvalue weighted by atomic mass is 10.3. The third kappa shape index (κ3) is 6.68. The summed E-state index contributed by atoms with van der Waals surface area (Å²) in [6, 6.07) is 5.17. The smallest absolute Gasteiger partial charge is 0.211 e. The average Bonchev–Trinajstić information content (AvgIpc) is 2.49. The Morgan fingerprint density at radius 3 is 2.14 bits per heavy atom. The van der Waals surface area contributed by atoms with E-state index in [1.165, 1.54) is 0 Å². The molecule has 0 atom stereocenters. The fourth-order valence-electron chi connectivity index (χ4n) is 1.64. The number of hydrogen-bond acceptors (Lipinski definition) is 5. The summed E-state index contributed by atoms with van der Waals surface area (Å²) in [5.74, 6) is 1.95. The summed E-state index contributed by atoms with van der Waals surface area (Å²) in [4.78, 5) is 0. The Kier molecular flexibility index (Phi) is 7.31. The molecule has 0 saturated heterocycles. The van der Waals surface area contributed by atoms with Crippen molar-refractivity contribution in [2.45, 2.75) is 19.8 Å². The molecule has 0 aliphatic heterocycles. The predicted octanol–water partition coefficient (Wildman–Crippen LogP) is 1.80. The molecule has 1 aromatic carbocycles. The SMILES string of the molecule is CCCCS(=O)(=O)NCCOc1cc(OC)cc(OC)c1. The maximum absolute atomic E-state index is 11.6. The van der Waals surface area contributed by atoms with Crippen molar-refractivity contribution in [1.82, 2.24) is 4.72 Å². The zero-order chi connectivity index (χ0) is 15.7. The van der Waals surface area contributed by atoms with Crippen LogP contribution in [0, 0.1) is 0 Å². The molecule has 0 saturated carbocycles. The summed E-state index contributed by atoms with van der Waals surface area (Å²) >= 11 is 0. The first-order chi connectivity index (χ1) is 10.0. The summed E-state index contributed by atoms with van der Waals surface area (Å²) in [5, 5.41) is 0. The number of nitrogens with one attached hydrogen (secondary N) is 1. The third-order valence-electron chi connectivity index (χ3n) is 2.78. The number of benzene rings is 1. The lowest BCUT2D eigenvalue weighted by Gasteiger charge is -2.11. The van der Waals surface area contributed by atoms with Gasteiger partial charge in [-0.15, -0.1) is 0 Å². The Hall–Kier alpha value is -1.47. The summed E-state index contributed by atoms with van der Waals surface area (Å²) in [7, 11) is -0.0913. The molecule has 1 N–H and O–H groups in total. The third-order valence-corrected chi connectivity index (χ3v) is 4.25. The molecular weight excluding hydrogens is 294 g/mol. The largest absolute Gasteiger partial charge is 0.496 e. The Morgan fingerprint density at radius 1 is 1.05 bits per heavy atom. The molecule has 0 bridgehead atoms. The van der Waals surface area contributed by atoms with E-state index in [1.54, 1.807) is 32.4 Å². The van der Waals surface area contributed by atoms with Gasteiger partial charge in [0.2, 0.25) is 10.0 Å². The predicted molar refractivity (Wildman–Crippen MR) is 81.7 cm³/mol. The Morgan fingerprint density at radius 2 is 1.62 bits per heavy atom. The molecule has 0 amide bonds. The van der Waals surface area contributed by atoms with Crippen LogP contribution in [0.4, 0.5) is 0 Å². The van der Waals surface area contributed by atoms with E-state index in [9.17, 15) is 8.42 Å². The highest BCUT2D eigenvalue weighted by molar-refractivity contribution is 7.89. The first kappa shape index (κ1) is 17.6. The number of sulfonamides is 1. The van der Waals surface area contributed by atoms with Gasteiger partial charge in [-0.05, 0) is 6.42 Å². The van der Waals surface area contributed by atoms with Crippen molar-refractivity contribution in [3.05, 3.63) is 18.2 Å². The molecule has 0 heterocycles. The maximum Gasteiger partial charge on any atom is 0.211 e. The van der Waals surface area contributed by atoms with E-state index < -0.39 is 10.0 Å². The summed E-state index contributed by atoms with van der Waals surface area (Å²) in [6.45, 7) is 2.42. The molecule has 0 unspecified atom stereocenters. The van der Waals surface area contributed by atoms with Gasteiger partial charge in [0.1, 0.15) is 23.9 Å². The minimum atomic E-state index is -3.20. The van der Waals surface area contributed by atoms with Crippen molar-refractivity contribution >= 4 is 10.0 Å². The molecule has 0 radical (unpaired) electrons. The lowest BCUT2D eigenvalue weighted by Crippen LogP contribution is -2.30. The first-order valence-corrected chi connectivity index (χ1v) is 8.49. The average molecular weight is 317 g/mol. The monoisotopic (exact) mass is 317 g/mol. The Balaban J connectivity index is 2.45. The molecule has 1 aromatic rings. The molecule has 0 aliphatic rings. The van der Waals surface area contributed by atoms with Gasteiger partial charge in [0.25, 0.3) is 0 Å². The van der Waals surface area contributed by atoms with Crippen molar-refractivity contribution in [3.63, 3.8) is 0 Å². The normalized spacial score (nSPS) is 11.2. The van der Waals surface area contributed by atoms with Crippen LogP contribution < -0.4 is 18.9 Å². The summed E-state index contributed by atoms with van der Waals surface area (Å²) < 4.78 is 41.5. The first-order valence-electron chi connectivity index (χ1n) is 6.84. The van der Waals surface area contributed by atoms with Crippen molar-refractivity contribution in [3.8, 4) is 17.2 Å². The highest BCUT2D eigenvalue weighted by atomic mass is 32.2. The van der Waals surface area contributed by atoms with Gasteiger partial charge < -0.3 is 14.2 Å². The van der Waals surface area contributed by atoms with Crippen LogP contribution in [0.3, 0.4) is 0 Å². The highest BCUT2D eigenvalue weighted by Gasteiger charge is 2.08. The van der Waals surface area contributed by atoms with Crippen LogP contribution >= 0.6 is 0 Å². The number of hydrogen-bond donors (Lipinski definition) is 1. The van der Waals surface area contributed by atoms with E-state index in [0.717, 1.165) is 6.42 Å². The van der Waals surface area contributed by atoms with Crippen LogP contribution in [-0.2, 0) is 10.0 Å².